The molecule has 0 aromatic heterocycles. The molecule has 1 aliphatic rings. The zero-order chi connectivity index (χ0) is 22.6. The molecule has 3 rings (SSSR count). The SMILES string of the molecule is CC(Oc1ccc(Cl)cc1Cl)C(=O)NC(=S)Nc1ccc(S(=O)(=O)N2CCCC2)cc1. The zero-order valence-corrected chi connectivity index (χ0v) is 19.7. The molecule has 1 atom stereocenters. The van der Waals surface area contributed by atoms with E-state index in [1.54, 1.807) is 31.2 Å². The number of ether oxygens (including phenoxy) is 1. The summed E-state index contributed by atoms with van der Waals surface area (Å²) in [6.07, 6.45) is 0.879. The van der Waals surface area contributed by atoms with E-state index in [2.05, 4.69) is 10.6 Å². The molecule has 1 amide bonds. The van der Waals surface area contributed by atoms with Crippen molar-refractivity contribution >= 4 is 62.2 Å². The van der Waals surface area contributed by atoms with E-state index in [0.717, 1.165) is 12.8 Å². The molecule has 31 heavy (non-hydrogen) atoms. The first-order valence-electron chi connectivity index (χ1n) is 9.50. The van der Waals surface area contributed by atoms with E-state index in [0.29, 0.717) is 29.5 Å². The van der Waals surface area contributed by atoms with Gasteiger partial charge in [-0.15, -0.1) is 0 Å². The van der Waals surface area contributed by atoms with Crippen molar-refractivity contribution in [3.63, 3.8) is 0 Å². The second kappa shape index (κ2) is 10.1. The highest BCUT2D eigenvalue weighted by atomic mass is 35.5. The largest absolute Gasteiger partial charge is 0.479 e. The summed E-state index contributed by atoms with van der Waals surface area (Å²) in [6.45, 7) is 2.64. The number of halogens is 2. The molecule has 11 heteroatoms. The van der Waals surface area contributed by atoms with Crippen LogP contribution in [0.4, 0.5) is 5.69 Å². The lowest BCUT2D eigenvalue weighted by molar-refractivity contribution is -0.125. The number of rotatable bonds is 6. The zero-order valence-electron chi connectivity index (χ0n) is 16.6. The van der Waals surface area contributed by atoms with Gasteiger partial charge in [-0.1, -0.05) is 23.2 Å². The molecule has 1 heterocycles. The molecule has 2 aromatic carbocycles. The summed E-state index contributed by atoms with van der Waals surface area (Å²) < 4.78 is 32.2. The smallest absolute Gasteiger partial charge is 0.266 e. The molecule has 1 saturated heterocycles. The van der Waals surface area contributed by atoms with E-state index >= 15 is 0 Å². The van der Waals surface area contributed by atoms with Crippen molar-refractivity contribution in [1.29, 1.82) is 0 Å². The van der Waals surface area contributed by atoms with Gasteiger partial charge in [0.15, 0.2) is 11.2 Å². The van der Waals surface area contributed by atoms with Crippen LogP contribution in [-0.2, 0) is 14.8 Å². The Labute approximate surface area is 196 Å². The third-order valence-electron chi connectivity index (χ3n) is 4.62. The number of nitrogens with zero attached hydrogens (tertiary/aromatic N) is 1. The van der Waals surface area contributed by atoms with Gasteiger partial charge in [0.25, 0.3) is 5.91 Å². The van der Waals surface area contributed by atoms with E-state index in [1.165, 1.54) is 22.5 Å². The lowest BCUT2D eigenvalue weighted by atomic mass is 10.3. The van der Waals surface area contributed by atoms with Gasteiger partial charge in [-0.25, -0.2) is 8.42 Å². The number of carbonyl (C=O) groups is 1. The second-order valence-corrected chi connectivity index (χ2v) is 10.1. The predicted molar refractivity (Wildman–Crippen MR) is 125 cm³/mol. The van der Waals surface area contributed by atoms with Crippen molar-refractivity contribution in [2.45, 2.75) is 30.8 Å². The highest BCUT2D eigenvalue weighted by Crippen LogP contribution is 2.28. The maximum atomic E-state index is 12.6. The van der Waals surface area contributed by atoms with Crippen LogP contribution >= 0.6 is 35.4 Å². The van der Waals surface area contributed by atoms with Crippen LogP contribution in [0.2, 0.25) is 10.0 Å². The Bertz CT molecular complexity index is 1070. The van der Waals surface area contributed by atoms with Crippen LogP contribution in [0.1, 0.15) is 19.8 Å². The topological polar surface area (TPSA) is 87.7 Å². The Balaban J connectivity index is 1.55. The van der Waals surface area contributed by atoms with Gasteiger partial charge in [0.1, 0.15) is 5.75 Å². The van der Waals surface area contributed by atoms with Crippen LogP contribution in [-0.4, -0.2) is 42.9 Å². The molecule has 166 valence electrons. The van der Waals surface area contributed by atoms with Crippen molar-refractivity contribution in [3.05, 3.63) is 52.5 Å². The van der Waals surface area contributed by atoms with Crippen LogP contribution in [0.5, 0.6) is 5.75 Å². The average Bonchev–Trinajstić information content (AvgIpc) is 3.26. The summed E-state index contributed by atoms with van der Waals surface area (Å²) >= 11 is 17.1. The molecule has 7 nitrogen and oxygen atoms in total. The van der Waals surface area contributed by atoms with Crippen LogP contribution in [0.15, 0.2) is 47.4 Å². The van der Waals surface area contributed by atoms with Crippen molar-refractivity contribution in [1.82, 2.24) is 9.62 Å². The van der Waals surface area contributed by atoms with Crippen molar-refractivity contribution in [2.24, 2.45) is 0 Å². The van der Waals surface area contributed by atoms with Gasteiger partial charge in [0, 0.05) is 23.8 Å². The lowest BCUT2D eigenvalue weighted by Gasteiger charge is -2.17. The lowest BCUT2D eigenvalue weighted by Crippen LogP contribution is -2.42. The first-order valence-corrected chi connectivity index (χ1v) is 12.1. The summed E-state index contributed by atoms with van der Waals surface area (Å²) in [4.78, 5) is 12.6. The molecule has 0 spiro atoms. The van der Waals surface area contributed by atoms with E-state index in [4.69, 9.17) is 40.2 Å². The summed E-state index contributed by atoms with van der Waals surface area (Å²) in [7, 11) is -3.48. The fourth-order valence-corrected chi connectivity index (χ4v) is 5.17. The molecule has 1 unspecified atom stereocenters. The Morgan fingerprint density at radius 3 is 2.39 bits per heavy atom. The number of anilines is 1. The first-order chi connectivity index (χ1) is 14.7. The van der Waals surface area contributed by atoms with Crippen LogP contribution in [0, 0.1) is 0 Å². The summed E-state index contributed by atoms with van der Waals surface area (Å²) in [5, 5.41) is 6.18. The molecular formula is C20H21Cl2N3O4S2. The number of sulfonamides is 1. The summed E-state index contributed by atoms with van der Waals surface area (Å²) in [5.74, 6) is -0.154. The number of hydrogen-bond acceptors (Lipinski definition) is 5. The van der Waals surface area contributed by atoms with Gasteiger partial charge in [-0.05, 0) is 74.4 Å². The van der Waals surface area contributed by atoms with E-state index in [9.17, 15) is 13.2 Å². The van der Waals surface area contributed by atoms with Gasteiger partial charge < -0.3 is 10.1 Å². The molecule has 0 aliphatic carbocycles. The maximum Gasteiger partial charge on any atom is 0.266 e. The summed E-state index contributed by atoms with van der Waals surface area (Å²) in [5.41, 5.74) is 0.542. The number of nitrogens with one attached hydrogen (secondary N) is 2. The minimum atomic E-state index is -3.48. The second-order valence-electron chi connectivity index (χ2n) is 6.91. The number of thiocarbonyl (C=S) groups is 1. The van der Waals surface area contributed by atoms with Crippen LogP contribution < -0.4 is 15.4 Å². The monoisotopic (exact) mass is 501 g/mol. The first kappa shape index (κ1) is 23.7. The average molecular weight is 502 g/mol. The predicted octanol–water partition coefficient (Wildman–Crippen LogP) is 4.06. The molecule has 0 radical (unpaired) electrons. The van der Waals surface area contributed by atoms with E-state index < -0.39 is 22.0 Å². The fourth-order valence-electron chi connectivity index (χ4n) is 2.98. The Morgan fingerprint density at radius 1 is 1.13 bits per heavy atom. The normalized spacial score (nSPS) is 15.3. The quantitative estimate of drug-likeness (QED) is 0.580. The van der Waals surface area contributed by atoms with Gasteiger partial charge in [0.2, 0.25) is 10.0 Å². The minimum absolute atomic E-state index is 0.0535. The molecule has 1 aliphatic heterocycles. The highest BCUT2D eigenvalue weighted by molar-refractivity contribution is 7.89. The van der Waals surface area contributed by atoms with Crippen LogP contribution in [0.3, 0.4) is 0 Å². The van der Waals surface area contributed by atoms with E-state index in [1.807, 2.05) is 0 Å². The summed E-state index contributed by atoms with van der Waals surface area (Å²) in [6, 6.07) is 10.9. The number of benzene rings is 2. The third kappa shape index (κ3) is 6.08. The standard InChI is InChI=1S/C20H21Cl2N3O4S2/c1-13(29-18-9-4-14(21)12-17(18)22)19(26)24-20(30)23-15-5-7-16(8-6-15)31(27,28)25-10-2-3-11-25/h4-9,12-13H,2-3,10-11H2,1H3,(H2,23,24,26,30). The Hall–Kier alpha value is -1.91. The Morgan fingerprint density at radius 2 is 1.77 bits per heavy atom. The van der Waals surface area contributed by atoms with Gasteiger partial charge in [-0.3, -0.25) is 10.1 Å². The van der Waals surface area contributed by atoms with Crippen molar-refractivity contribution in [2.75, 3.05) is 18.4 Å². The molecular weight excluding hydrogens is 481 g/mol. The van der Waals surface area contributed by atoms with Gasteiger partial charge >= 0.3 is 0 Å². The number of amides is 1. The molecule has 0 saturated carbocycles. The van der Waals surface area contributed by atoms with Gasteiger partial charge in [-0.2, -0.15) is 4.31 Å². The molecule has 2 aromatic rings. The highest BCUT2D eigenvalue weighted by Gasteiger charge is 2.27. The minimum Gasteiger partial charge on any atom is -0.479 e. The fraction of sp³-hybridized carbons (Fsp3) is 0.300. The number of carbonyl (C=O) groups excluding carboxylic acids is 1. The maximum absolute atomic E-state index is 12.6. The third-order valence-corrected chi connectivity index (χ3v) is 7.27. The molecule has 1 fully saturated rings. The number of hydrogen-bond donors (Lipinski definition) is 2. The van der Waals surface area contributed by atoms with Crippen LogP contribution in [0.25, 0.3) is 0 Å². The van der Waals surface area contributed by atoms with Crippen molar-refractivity contribution in [3.8, 4) is 5.75 Å². The molecule has 0 bridgehead atoms. The van der Waals surface area contributed by atoms with E-state index in [-0.39, 0.29) is 15.0 Å². The van der Waals surface area contributed by atoms with Gasteiger partial charge in [0.05, 0.1) is 9.92 Å². The Kier molecular flexibility index (Phi) is 7.77. The molecule has 2 N–H and O–H groups in total. The van der Waals surface area contributed by atoms with Crippen molar-refractivity contribution < 1.29 is 17.9 Å².